The number of nitrogens with one attached hydrogen (secondary N) is 3. The van der Waals surface area contributed by atoms with Crippen LogP contribution in [0.15, 0.2) is 22.7 Å². The Labute approximate surface area is 159 Å². The van der Waals surface area contributed by atoms with Crippen LogP contribution in [-0.4, -0.2) is 35.0 Å². The van der Waals surface area contributed by atoms with E-state index >= 15 is 0 Å². The van der Waals surface area contributed by atoms with Crippen LogP contribution >= 0.6 is 27.7 Å². The summed E-state index contributed by atoms with van der Waals surface area (Å²) in [5, 5.41) is 9.16. The minimum atomic E-state index is -0.312. The van der Waals surface area contributed by atoms with Crippen molar-refractivity contribution in [2.45, 2.75) is 49.6 Å². The molecule has 0 saturated carbocycles. The molecule has 2 saturated heterocycles. The quantitative estimate of drug-likeness (QED) is 0.460. The van der Waals surface area contributed by atoms with Crippen LogP contribution < -0.4 is 16.0 Å². The molecule has 0 spiro atoms. The lowest BCUT2D eigenvalue weighted by atomic mass is 10.0. The molecule has 0 aliphatic carbocycles. The molecule has 136 valence electrons. The molecule has 0 unspecified atom stereocenters. The van der Waals surface area contributed by atoms with E-state index < -0.39 is 0 Å². The SMILES string of the molecule is O=C(CCCC[C@@H]1SC[C@H]2NC(=O)N[C@@H]12)NCc1cc(F)ccc1Br. The lowest BCUT2D eigenvalue weighted by Crippen LogP contribution is -2.36. The van der Waals surface area contributed by atoms with Crippen molar-refractivity contribution in [2.75, 3.05) is 5.75 Å². The summed E-state index contributed by atoms with van der Waals surface area (Å²) in [6.07, 6.45) is 3.22. The molecule has 3 atom stereocenters. The van der Waals surface area contributed by atoms with Crippen LogP contribution in [0.1, 0.15) is 31.2 Å². The Bertz CT molecular complexity index is 661. The number of benzene rings is 1. The highest BCUT2D eigenvalue weighted by molar-refractivity contribution is 9.10. The van der Waals surface area contributed by atoms with Crippen LogP contribution in [0.2, 0.25) is 0 Å². The number of hydrogen-bond donors (Lipinski definition) is 3. The number of carbonyl (C=O) groups excluding carboxylic acids is 2. The first-order chi connectivity index (χ1) is 12.0. The van der Waals surface area contributed by atoms with E-state index in [1.807, 2.05) is 11.8 Å². The molecule has 0 radical (unpaired) electrons. The van der Waals surface area contributed by atoms with Gasteiger partial charge in [-0.15, -0.1) is 0 Å². The van der Waals surface area contributed by atoms with Gasteiger partial charge >= 0.3 is 6.03 Å². The van der Waals surface area contributed by atoms with Gasteiger partial charge in [-0.3, -0.25) is 4.79 Å². The number of carbonyl (C=O) groups is 2. The van der Waals surface area contributed by atoms with E-state index in [0.29, 0.717) is 18.2 Å². The molecular weight excluding hydrogens is 409 g/mol. The minimum absolute atomic E-state index is 0.0241. The van der Waals surface area contributed by atoms with Gasteiger partial charge in [0.15, 0.2) is 0 Å². The molecule has 2 aliphatic heterocycles. The van der Waals surface area contributed by atoms with Crippen molar-refractivity contribution in [1.82, 2.24) is 16.0 Å². The fraction of sp³-hybridized carbons (Fsp3) is 0.529. The van der Waals surface area contributed by atoms with Crippen LogP contribution in [-0.2, 0) is 11.3 Å². The van der Waals surface area contributed by atoms with Gasteiger partial charge in [0.2, 0.25) is 5.91 Å². The Hall–Kier alpha value is -1.28. The molecule has 5 nitrogen and oxygen atoms in total. The monoisotopic (exact) mass is 429 g/mol. The number of halogens is 2. The van der Waals surface area contributed by atoms with Gasteiger partial charge in [0, 0.05) is 28.4 Å². The highest BCUT2D eigenvalue weighted by Crippen LogP contribution is 2.33. The van der Waals surface area contributed by atoms with E-state index in [-0.39, 0.29) is 29.8 Å². The second-order valence-electron chi connectivity index (χ2n) is 6.38. The van der Waals surface area contributed by atoms with E-state index in [1.165, 1.54) is 12.1 Å². The largest absolute Gasteiger partial charge is 0.352 e. The average molecular weight is 430 g/mol. The predicted octanol–water partition coefficient (Wildman–Crippen LogP) is 2.93. The molecule has 3 N–H and O–H groups in total. The lowest BCUT2D eigenvalue weighted by molar-refractivity contribution is -0.121. The van der Waals surface area contributed by atoms with Crippen molar-refractivity contribution >= 4 is 39.6 Å². The van der Waals surface area contributed by atoms with Gasteiger partial charge in [-0.25, -0.2) is 9.18 Å². The van der Waals surface area contributed by atoms with Gasteiger partial charge < -0.3 is 16.0 Å². The van der Waals surface area contributed by atoms with E-state index in [4.69, 9.17) is 0 Å². The molecule has 0 bridgehead atoms. The maximum atomic E-state index is 13.2. The summed E-state index contributed by atoms with van der Waals surface area (Å²) in [4.78, 5) is 23.3. The third kappa shape index (κ3) is 4.88. The maximum Gasteiger partial charge on any atom is 0.315 e. The second kappa shape index (κ2) is 8.40. The summed E-state index contributed by atoms with van der Waals surface area (Å²) in [5.74, 6) is 0.620. The number of thioether (sulfide) groups is 1. The van der Waals surface area contributed by atoms with Gasteiger partial charge in [0.1, 0.15) is 5.82 Å². The van der Waals surface area contributed by atoms with Crippen LogP contribution in [0.3, 0.4) is 0 Å². The Morgan fingerprint density at radius 3 is 3.04 bits per heavy atom. The van der Waals surface area contributed by atoms with Crippen LogP contribution in [0.5, 0.6) is 0 Å². The van der Waals surface area contributed by atoms with Gasteiger partial charge in [-0.2, -0.15) is 11.8 Å². The zero-order chi connectivity index (χ0) is 17.8. The lowest BCUT2D eigenvalue weighted by Gasteiger charge is -2.16. The summed E-state index contributed by atoms with van der Waals surface area (Å²) < 4.78 is 14.0. The molecule has 0 aromatic heterocycles. The first-order valence-corrected chi connectivity index (χ1v) is 10.3. The summed E-state index contributed by atoms with van der Waals surface area (Å²) in [7, 11) is 0. The number of urea groups is 1. The molecule has 3 rings (SSSR count). The average Bonchev–Trinajstić information content (AvgIpc) is 3.12. The summed E-state index contributed by atoms with van der Waals surface area (Å²) in [6.45, 7) is 0.317. The van der Waals surface area contributed by atoms with Gasteiger partial charge in [-0.05, 0) is 36.6 Å². The minimum Gasteiger partial charge on any atom is -0.352 e. The first kappa shape index (κ1) is 18.5. The Morgan fingerprint density at radius 2 is 2.20 bits per heavy atom. The number of unbranched alkanes of at least 4 members (excludes halogenated alkanes) is 1. The van der Waals surface area contributed by atoms with Crippen molar-refractivity contribution in [3.05, 3.63) is 34.1 Å². The number of rotatable bonds is 7. The van der Waals surface area contributed by atoms with E-state index in [1.54, 1.807) is 6.07 Å². The van der Waals surface area contributed by atoms with E-state index in [2.05, 4.69) is 31.9 Å². The molecule has 2 aliphatic rings. The van der Waals surface area contributed by atoms with Crippen molar-refractivity contribution in [3.63, 3.8) is 0 Å². The normalized spacial score (nSPS) is 24.6. The summed E-state index contributed by atoms with van der Waals surface area (Å²) >= 11 is 5.24. The smallest absolute Gasteiger partial charge is 0.315 e. The fourth-order valence-corrected chi connectivity index (χ4v) is 5.17. The Kier molecular flexibility index (Phi) is 6.22. The summed E-state index contributed by atoms with van der Waals surface area (Å²) in [6, 6.07) is 4.83. The molecule has 1 aromatic rings. The number of fused-ring (bicyclic) bond motifs is 1. The van der Waals surface area contributed by atoms with Crippen LogP contribution in [0, 0.1) is 5.82 Å². The zero-order valence-corrected chi connectivity index (χ0v) is 16.1. The molecule has 8 heteroatoms. The molecule has 2 fully saturated rings. The van der Waals surface area contributed by atoms with Gasteiger partial charge in [0.25, 0.3) is 0 Å². The molecule has 2 heterocycles. The molecule has 3 amide bonds. The topological polar surface area (TPSA) is 70.2 Å². The van der Waals surface area contributed by atoms with E-state index in [9.17, 15) is 14.0 Å². The van der Waals surface area contributed by atoms with Crippen LogP contribution in [0.25, 0.3) is 0 Å². The highest BCUT2D eigenvalue weighted by Gasteiger charge is 2.42. The van der Waals surface area contributed by atoms with Crippen molar-refractivity contribution in [3.8, 4) is 0 Å². The second-order valence-corrected chi connectivity index (χ2v) is 8.51. The van der Waals surface area contributed by atoms with Crippen LogP contribution in [0.4, 0.5) is 9.18 Å². The van der Waals surface area contributed by atoms with Gasteiger partial charge in [0.05, 0.1) is 12.1 Å². The molecule has 1 aromatic carbocycles. The molecule has 25 heavy (non-hydrogen) atoms. The zero-order valence-electron chi connectivity index (χ0n) is 13.7. The number of amides is 3. The number of hydrogen-bond acceptors (Lipinski definition) is 3. The Morgan fingerprint density at radius 1 is 1.36 bits per heavy atom. The predicted molar refractivity (Wildman–Crippen MR) is 99.9 cm³/mol. The van der Waals surface area contributed by atoms with Crippen molar-refractivity contribution in [2.24, 2.45) is 0 Å². The molecular formula is C17H21BrFN3O2S. The van der Waals surface area contributed by atoms with Crippen molar-refractivity contribution in [1.29, 1.82) is 0 Å². The third-order valence-electron chi connectivity index (χ3n) is 4.56. The van der Waals surface area contributed by atoms with Gasteiger partial charge in [-0.1, -0.05) is 22.4 Å². The summed E-state index contributed by atoms with van der Waals surface area (Å²) in [5.41, 5.74) is 0.728. The van der Waals surface area contributed by atoms with Crippen molar-refractivity contribution < 1.29 is 14.0 Å². The maximum absolute atomic E-state index is 13.2. The fourth-order valence-electron chi connectivity index (χ4n) is 3.24. The third-order valence-corrected chi connectivity index (χ3v) is 6.85. The Balaban J connectivity index is 1.33. The standard InChI is InChI=1S/C17H21BrFN3O2S/c18-12-6-5-11(19)7-10(12)8-20-15(23)4-2-1-3-14-16-13(9-25-14)21-17(24)22-16/h5-7,13-14,16H,1-4,8-9H2,(H,20,23)(H2,21,22,24)/t13-,14+,16-/m1/s1. The van der Waals surface area contributed by atoms with E-state index in [0.717, 1.165) is 35.1 Å². The first-order valence-electron chi connectivity index (χ1n) is 8.42. The highest BCUT2D eigenvalue weighted by atomic mass is 79.9.